The highest BCUT2D eigenvalue weighted by atomic mass is 16.6. The average molecular weight is 205 g/mol. The predicted octanol–water partition coefficient (Wildman–Crippen LogP) is -0.632. The Morgan fingerprint density at radius 3 is 2.57 bits per heavy atom. The lowest BCUT2D eigenvalue weighted by Crippen LogP contribution is -2.30. The summed E-state index contributed by atoms with van der Waals surface area (Å²) in [4.78, 5) is 21.2. The first-order valence-electron chi connectivity index (χ1n) is 4.21. The molecule has 0 aromatic carbocycles. The molecule has 0 amide bonds. The number of rotatable bonds is 7. The van der Waals surface area contributed by atoms with Gasteiger partial charge < -0.3 is 20.3 Å². The number of ether oxygens (including phenoxy) is 2. The van der Waals surface area contributed by atoms with Crippen molar-refractivity contribution in [3.8, 4) is 0 Å². The molecule has 14 heavy (non-hydrogen) atoms. The van der Waals surface area contributed by atoms with E-state index in [0.29, 0.717) is 6.61 Å². The standard InChI is InChI=1S/C8H15NO5/c1-13-4-5-14-7(10)3-2-6(9)8(11)12/h6H,2-5,9H2,1H3,(H,11,12)/t6-/m1/s1. The number of hydrogen-bond donors (Lipinski definition) is 2. The fourth-order valence-electron chi connectivity index (χ4n) is 0.708. The quantitative estimate of drug-likeness (QED) is 0.424. The van der Waals surface area contributed by atoms with Gasteiger partial charge in [-0.15, -0.1) is 0 Å². The Kier molecular flexibility index (Phi) is 6.69. The fourth-order valence-corrected chi connectivity index (χ4v) is 0.708. The predicted molar refractivity (Wildman–Crippen MR) is 47.7 cm³/mol. The number of methoxy groups -OCH3 is 1. The summed E-state index contributed by atoms with van der Waals surface area (Å²) in [6, 6.07) is -1.01. The number of esters is 1. The highest BCUT2D eigenvalue weighted by molar-refractivity contribution is 5.75. The second kappa shape index (κ2) is 7.28. The SMILES string of the molecule is COCCOC(=O)CC[C@@H](N)C(=O)O. The van der Waals surface area contributed by atoms with Crippen LogP contribution in [0.5, 0.6) is 0 Å². The summed E-state index contributed by atoms with van der Waals surface area (Å²) in [5.41, 5.74) is 5.19. The Morgan fingerprint density at radius 2 is 2.07 bits per heavy atom. The van der Waals surface area contributed by atoms with E-state index in [4.69, 9.17) is 15.6 Å². The van der Waals surface area contributed by atoms with Gasteiger partial charge in [-0.1, -0.05) is 0 Å². The van der Waals surface area contributed by atoms with E-state index in [1.807, 2.05) is 0 Å². The third-order valence-corrected chi connectivity index (χ3v) is 1.53. The van der Waals surface area contributed by atoms with Crippen molar-refractivity contribution in [2.24, 2.45) is 5.73 Å². The highest BCUT2D eigenvalue weighted by Crippen LogP contribution is 1.97. The number of hydrogen-bond acceptors (Lipinski definition) is 5. The summed E-state index contributed by atoms with van der Waals surface area (Å²) in [5, 5.41) is 8.41. The molecule has 1 atom stereocenters. The second-order valence-corrected chi connectivity index (χ2v) is 2.70. The van der Waals surface area contributed by atoms with Crippen molar-refractivity contribution in [3.63, 3.8) is 0 Å². The topological polar surface area (TPSA) is 98.9 Å². The first-order chi connectivity index (χ1) is 6.57. The maximum Gasteiger partial charge on any atom is 0.320 e. The number of carboxylic acids is 1. The maximum atomic E-state index is 10.9. The van der Waals surface area contributed by atoms with Crippen LogP contribution in [0.25, 0.3) is 0 Å². The zero-order chi connectivity index (χ0) is 11.0. The highest BCUT2D eigenvalue weighted by Gasteiger charge is 2.13. The lowest BCUT2D eigenvalue weighted by Gasteiger charge is -2.06. The normalized spacial score (nSPS) is 12.1. The third kappa shape index (κ3) is 6.38. The Balaban J connectivity index is 3.48. The van der Waals surface area contributed by atoms with Gasteiger partial charge in [0.1, 0.15) is 12.6 Å². The van der Waals surface area contributed by atoms with E-state index in [1.54, 1.807) is 0 Å². The average Bonchev–Trinajstić information content (AvgIpc) is 2.14. The monoisotopic (exact) mass is 205 g/mol. The molecule has 0 aromatic heterocycles. The van der Waals surface area contributed by atoms with E-state index < -0.39 is 18.0 Å². The van der Waals surface area contributed by atoms with Crippen LogP contribution < -0.4 is 5.73 Å². The summed E-state index contributed by atoms with van der Waals surface area (Å²) in [7, 11) is 1.49. The number of aliphatic carboxylic acids is 1. The molecule has 0 aliphatic carbocycles. The van der Waals surface area contributed by atoms with Gasteiger partial charge >= 0.3 is 11.9 Å². The van der Waals surface area contributed by atoms with Gasteiger partial charge in [0.2, 0.25) is 0 Å². The van der Waals surface area contributed by atoms with Crippen molar-refractivity contribution in [3.05, 3.63) is 0 Å². The Hall–Kier alpha value is -1.14. The lowest BCUT2D eigenvalue weighted by atomic mass is 10.2. The van der Waals surface area contributed by atoms with E-state index in [1.165, 1.54) is 7.11 Å². The molecule has 82 valence electrons. The molecule has 0 heterocycles. The van der Waals surface area contributed by atoms with Gasteiger partial charge in [0.25, 0.3) is 0 Å². The van der Waals surface area contributed by atoms with Crippen LogP contribution >= 0.6 is 0 Å². The molecule has 0 aliphatic heterocycles. The minimum absolute atomic E-state index is 0.0111. The van der Waals surface area contributed by atoms with E-state index >= 15 is 0 Å². The molecule has 0 aromatic rings. The van der Waals surface area contributed by atoms with Crippen LogP contribution in [0.1, 0.15) is 12.8 Å². The van der Waals surface area contributed by atoms with Crippen molar-refractivity contribution < 1.29 is 24.2 Å². The molecule has 6 heteroatoms. The maximum absolute atomic E-state index is 10.9. The molecule has 0 radical (unpaired) electrons. The number of carbonyl (C=O) groups is 2. The van der Waals surface area contributed by atoms with Crippen LogP contribution in [-0.4, -0.2) is 43.4 Å². The van der Waals surface area contributed by atoms with Crippen LogP contribution in [0.15, 0.2) is 0 Å². The zero-order valence-corrected chi connectivity index (χ0v) is 8.06. The van der Waals surface area contributed by atoms with Gasteiger partial charge in [0.05, 0.1) is 6.61 Å². The molecule has 0 bridgehead atoms. The Bertz CT molecular complexity index is 194. The van der Waals surface area contributed by atoms with Crippen molar-refractivity contribution in [1.82, 2.24) is 0 Å². The Labute approximate surface area is 82.0 Å². The van der Waals surface area contributed by atoms with Crippen LogP contribution in [-0.2, 0) is 19.1 Å². The molecule has 3 N–H and O–H groups in total. The smallest absolute Gasteiger partial charge is 0.320 e. The van der Waals surface area contributed by atoms with Gasteiger partial charge in [0.15, 0.2) is 0 Å². The molecule has 6 nitrogen and oxygen atoms in total. The minimum atomic E-state index is -1.12. The molecule has 0 spiro atoms. The van der Waals surface area contributed by atoms with Crippen molar-refractivity contribution in [2.45, 2.75) is 18.9 Å². The largest absolute Gasteiger partial charge is 0.480 e. The minimum Gasteiger partial charge on any atom is -0.480 e. The molecule has 0 rings (SSSR count). The van der Waals surface area contributed by atoms with Gasteiger partial charge in [-0.25, -0.2) is 0 Å². The van der Waals surface area contributed by atoms with E-state index in [9.17, 15) is 9.59 Å². The molecule has 0 saturated carbocycles. The molecule has 0 unspecified atom stereocenters. The summed E-state index contributed by atoms with van der Waals surface area (Å²) in [6.45, 7) is 0.508. The van der Waals surface area contributed by atoms with Gasteiger partial charge in [-0.2, -0.15) is 0 Å². The zero-order valence-electron chi connectivity index (χ0n) is 8.06. The first-order valence-corrected chi connectivity index (χ1v) is 4.21. The van der Waals surface area contributed by atoms with E-state index in [2.05, 4.69) is 4.74 Å². The second-order valence-electron chi connectivity index (χ2n) is 2.70. The summed E-state index contributed by atoms with van der Waals surface area (Å²) in [5.74, 6) is -1.58. The molecule has 0 saturated heterocycles. The van der Waals surface area contributed by atoms with Crippen LogP contribution in [0.3, 0.4) is 0 Å². The van der Waals surface area contributed by atoms with Gasteiger partial charge in [-0.3, -0.25) is 9.59 Å². The summed E-state index contributed by atoms with van der Waals surface area (Å²) < 4.78 is 9.36. The molecule has 0 aliphatic rings. The van der Waals surface area contributed by atoms with Gasteiger partial charge in [-0.05, 0) is 6.42 Å². The molecular formula is C8H15NO5. The molecular weight excluding hydrogens is 190 g/mol. The first kappa shape index (κ1) is 12.9. The number of nitrogens with two attached hydrogens (primary N) is 1. The summed E-state index contributed by atoms with van der Waals surface area (Å²) >= 11 is 0. The van der Waals surface area contributed by atoms with E-state index in [0.717, 1.165) is 0 Å². The van der Waals surface area contributed by atoms with E-state index in [-0.39, 0.29) is 19.4 Å². The number of carboxylic acid groups (broad SMARTS) is 1. The fraction of sp³-hybridized carbons (Fsp3) is 0.750. The van der Waals surface area contributed by atoms with Crippen LogP contribution in [0, 0.1) is 0 Å². The molecule has 0 fully saturated rings. The van der Waals surface area contributed by atoms with Crippen LogP contribution in [0.2, 0.25) is 0 Å². The van der Waals surface area contributed by atoms with Crippen molar-refractivity contribution in [1.29, 1.82) is 0 Å². The van der Waals surface area contributed by atoms with Gasteiger partial charge in [0, 0.05) is 13.5 Å². The Morgan fingerprint density at radius 1 is 1.43 bits per heavy atom. The lowest BCUT2D eigenvalue weighted by molar-refractivity contribution is -0.145. The number of carbonyl (C=O) groups excluding carboxylic acids is 1. The summed E-state index contributed by atoms with van der Waals surface area (Å²) in [6.07, 6.45) is 0.0956. The van der Waals surface area contributed by atoms with Crippen LogP contribution in [0.4, 0.5) is 0 Å². The third-order valence-electron chi connectivity index (χ3n) is 1.53. The van der Waals surface area contributed by atoms with Crippen molar-refractivity contribution in [2.75, 3.05) is 20.3 Å². The van der Waals surface area contributed by atoms with Crippen molar-refractivity contribution >= 4 is 11.9 Å².